The van der Waals surface area contributed by atoms with E-state index in [1.54, 1.807) is 6.07 Å². The van der Waals surface area contributed by atoms with E-state index in [4.69, 9.17) is 15.2 Å². The van der Waals surface area contributed by atoms with E-state index in [2.05, 4.69) is 0 Å². The molecule has 0 saturated carbocycles. The highest BCUT2D eigenvalue weighted by Crippen LogP contribution is 2.33. The molecule has 1 fully saturated rings. The smallest absolute Gasteiger partial charge is 0.243 e. The fourth-order valence-corrected chi connectivity index (χ4v) is 4.48. The highest BCUT2D eigenvalue weighted by Gasteiger charge is 2.37. The van der Waals surface area contributed by atoms with Crippen LogP contribution in [0.2, 0.25) is 0 Å². The minimum Gasteiger partial charge on any atom is -0.493 e. The zero-order valence-corrected chi connectivity index (χ0v) is 14.3. The van der Waals surface area contributed by atoms with Crippen LogP contribution >= 0.6 is 0 Å². The number of carbonyl (C=O) groups excluding carboxylic acids is 1. The van der Waals surface area contributed by atoms with Crippen molar-refractivity contribution in [2.75, 3.05) is 20.8 Å². The van der Waals surface area contributed by atoms with E-state index in [1.807, 2.05) is 6.92 Å². The van der Waals surface area contributed by atoms with Gasteiger partial charge in [0.2, 0.25) is 15.9 Å². The molecule has 0 aliphatic carbocycles. The first kappa shape index (κ1) is 17.6. The van der Waals surface area contributed by atoms with Gasteiger partial charge in [0.1, 0.15) is 0 Å². The number of nitrogens with zero attached hydrogens (tertiary/aromatic N) is 1. The Labute approximate surface area is 136 Å². The lowest BCUT2D eigenvalue weighted by Crippen LogP contribution is -2.48. The minimum atomic E-state index is -3.75. The van der Waals surface area contributed by atoms with Gasteiger partial charge in [-0.05, 0) is 31.9 Å². The molecule has 1 amide bonds. The van der Waals surface area contributed by atoms with Crippen molar-refractivity contribution in [1.82, 2.24) is 4.31 Å². The predicted octanol–water partition coefficient (Wildman–Crippen LogP) is 0.978. The van der Waals surface area contributed by atoms with Crippen LogP contribution in [0.15, 0.2) is 23.1 Å². The van der Waals surface area contributed by atoms with Crippen LogP contribution in [-0.2, 0) is 14.8 Å². The van der Waals surface area contributed by atoms with Crippen LogP contribution in [0, 0.1) is 5.92 Å². The number of carbonyl (C=O) groups is 1. The molecule has 1 heterocycles. The number of amides is 1. The molecule has 0 spiro atoms. The van der Waals surface area contributed by atoms with Crippen molar-refractivity contribution in [3.8, 4) is 11.5 Å². The van der Waals surface area contributed by atoms with Crippen molar-refractivity contribution in [2.45, 2.75) is 30.7 Å². The molecule has 128 valence electrons. The lowest BCUT2D eigenvalue weighted by atomic mass is 9.95. The number of ether oxygens (including phenoxy) is 2. The monoisotopic (exact) mass is 342 g/mol. The van der Waals surface area contributed by atoms with Gasteiger partial charge in [0.25, 0.3) is 0 Å². The first-order valence-electron chi connectivity index (χ1n) is 7.34. The van der Waals surface area contributed by atoms with E-state index < -0.39 is 21.8 Å². The highest BCUT2D eigenvalue weighted by molar-refractivity contribution is 7.89. The Morgan fingerprint density at radius 1 is 1.22 bits per heavy atom. The maximum absolute atomic E-state index is 12.9. The van der Waals surface area contributed by atoms with Gasteiger partial charge in [-0.2, -0.15) is 4.31 Å². The molecule has 0 bridgehead atoms. The molecular formula is C15H22N2O5S. The van der Waals surface area contributed by atoms with Crippen molar-refractivity contribution in [3.63, 3.8) is 0 Å². The Morgan fingerprint density at radius 3 is 2.43 bits per heavy atom. The number of rotatable bonds is 5. The Morgan fingerprint density at radius 2 is 1.87 bits per heavy atom. The lowest BCUT2D eigenvalue weighted by Gasteiger charge is -2.35. The van der Waals surface area contributed by atoms with Crippen LogP contribution in [0.1, 0.15) is 19.8 Å². The van der Waals surface area contributed by atoms with Gasteiger partial charge >= 0.3 is 0 Å². The predicted molar refractivity (Wildman–Crippen MR) is 84.8 cm³/mol. The van der Waals surface area contributed by atoms with E-state index in [0.29, 0.717) is 24.3 Å². The summed E-state index contributed by atoms with van der Waals surface area (Å²) in [7, 11) is -0.818. The molecule has 2 N–H and O–H groups in total. The molecule has 7 nitrogen and oxygen atoms in total. The average Bonchev–Trinajstić information content (AvgIpc) is 2.54. The maximum Gasteiger partial charge on any atom is 0.243 e. The number of methoxy groups -OCH3 is 2. The topological polar surface area (TPSA) is 98.9 Å². The third-order valence-electron chi connectivity index (χ3n) is 4.19. The Bertz CT molecular complexity index is 689. The molecule has 23 heavy (non-hydrogen) atoms. The van der Waals surface area contributed by atoms with Crippen LogP contribution in [0.4, 0.5) is 0 Å². The number of hydrogen-bond acceptors (Lipinski definition) is 5. The largest absolute Gasteiger partial charge is 0.493 e. The first-order chi connectivity index (χ1) is 10.8. The molecule has 2 rings (SSSR count). The lowest BCUT2D eigenvalue weighted by molar-refractivity contribution is -0.123. The normalized spacial score (nSPS) is 22.6. The Kier molecular flexibility index (Phi) is 5.16. The van der Waals surface area contributed by atoms with Crippen LogP contribution in [0.25, 0.3) is 0 Å². The van der Waals surface area contributed by atoms with Gasteiger partial charge in [0, 0.05) is 18.7 Å². The standard InChI is InChI=1S/C15H22N2O5S/c1-10-4-5-11(15(16)18)9-17(10)23(19,20)12-6-7-13(21-2)14(8-12)22-3/h6-8,10-11H,4-5,9H2,1-3H3,(H2,16,18)/t10-,11+/m0/s1. The van der Waals surface area contributed by atoms with Gasteiger partial charge in [0.05, 0.1) is 25.0 Å². The van der Waals surface area contributed by atoms with Crippen LogP contribution in [0.3, 0.4) is 0 Å². The number of piperidine rings is 1. The maximum atomic E-state index is 12.9. The fraction of sp³-hybridized carbons (Fsp3) is 0.533. The second kappa shape index (κ2) is 6.76. The zero-order chi connectivity index (χ0) is 17.2. The third-order valence-corrected chi connectivity index (χ3v) is 6.16. The zero-order valence-electron chi connectivity index (χ0n) is 13.5. The van der Waals surface area contributed by atoms with Crippen LogP contribution in [0.5, 0.6) is 11.5 Å². The molecule has 2 atom stereocenters. The van der Waals surface area contributed by atoms with Crippen LogP contribution in [-0.4, -0.2) is 45.4 Å². The molecule has 1 saturated heterocycles. The van der Waals surface area contributed by atoms with E-state index in [1.165, 1.54) is 30.7 Å². The summed E-state index contributed by atoms with van der Waals surface area (Å²) in [5.74, 6) is -0.136. The van der Waals surface area contributed by atoms with Crippen molar-refractivity contribution in [3.05, 3.63) is 18.2 Å². The molecule has 0 unspecified atom stereocenters. The summed E-state index contributed by atoms with van der Waals surface area (Å²) in [6.07, 6.45) is 1.20. The minimum absolute atomic E-state index is 0.104. The second-order valence-corrected chi connectivity index (χ2v) is 7.51. The molecule has 1 aromatic rings. The van der Waals surface area contributed by atoms with Gasteiger partial charge in [0.15, 0.2) is 11.5 Å². The number of benzene rings is 1. The SMILES string of the molecule is COc1ccc(S(=O)(=O)N2C[C@H](C(N)=O)CC[C@@H]2C)cc1OC. The number of sulfonamides is 1. The molecular weight excluding hydrogens is 320 g/mol. The molecule has 0 aromatic heterocycles. The molecule has 1 aliphatic rings. The van der Waals surface area contributed by atoms with E-state index in [9.17, 15) is 13.2 Å². The van der Waals surface area contributed by atoms with Gasteiger partial charge in [-0.25, -0.2) is 8.42 Å². The molecule has 0 radical (unpaired) electrons. The second-order valence-electron chi connectivity index (χ2n) is 5.62. The summed E-state index contributed by atoms with van der Waals surface area (Å²) in [4.78, 5) is 11.5. The van der Waals surface area contributed by atoms with Gasteiger partial charge < -0.3 is 15.2 Å². The first-order valence-corrected chi connectivity index (χ1v) is 8.78. The third kappa shape index (κ3) is 3.42. The number of hydrogen-bond donors (Lipinski definition) is 1. The summed E-state index contributed by atoms with van der Waals surface area (Å²) < 4.78 is 37.5. The summed E-state index contributed by atoms with van der Waals surface area (Å²) in [5.41, 5.74) is 5.34. The van der Waals surface area contributed by atoms with Crippen LogP contribution < -0.4 is 15.2 Å². The Balaban J connectivity index is 2.38. The number of primary amides is 1. The van der Waals surface area contributed by atoms with Crippen molar-refractivity contribution < 1.29 is 22.7 Å². The molecule has 1 aromatic carbocycles. The van der Waals surface area contributed by atoms with Crippen molar-refractivity contribution in [1.29, 1.82) is 0 Å². The Hall–Kier alpha value is -1.80. The quantitative estimate of drug-likeness (QED) is 0.860. The highest BCUT2D eigenvalue weighted by atomic mass is 32.2. The van der Waals surface area contributed by atoms with Crippen molar-refractivity contribution >= 4 is 15.9 Å². The molecule has 8 heteroatoms. The summed E-state index contributed by atoms with van der Waals surface area (Å²) in [6, 6.07) is 4.25. The summed E-state index contributed by atoms with van der Waals surface area (Å²) >= 11 is 0. The number of nitrogens with two attached hydrogens (primary N) is 1. The average molecular weight is 342 g/mol. The summed E-state index contributed by atoms with van der Waals surface area (Å²) in [5, 5.41) is 0. The molecule has 1 aliphatic heterocycles. The van der Waals surface area contributed by atoms with E-state index in [0.717, 1.165) is 0 Å². The van der Waals surface area contributed by atoms with Gasteiger partial charge in [-0.3, -0.25) is 4.79 Å². The van der Waals surface area contributed by atoms with Crippen molar-refractivity contribution in [2.24, 2.45) is 11.7 Å². The van der Waals surface area contributed by atoms with E-state index in [-0.39, 0.29) is 17.5 Å². The summed E-state index contributed by atoms with van der Waals surface area (Å²) in [6.45, 7) is 1.93. The fourth-order valence-electron chi connectivity index (χ4n) is 2.75. The van der Waals surface area contributed by atoms with E-state index >= 15 is 0 Å². The van der Waals surface area contributed by atoms with Gasteiger partial charge in [-0.15, -0.1) is 0 Å². The van der Waals surface area contributed by atoms with Gasteiger partial charge in [-0.1, -0.05) is 0 Å².